The lowest BCUT2D eigenvalue weighted by Crippen LogP contribution is -2.04. The number of aromatic nitrogens is 6. The lowest BCUT2D eigenvalue weighted by atomic mass is 10.1. The average molecular weight is 540 g/mol. The second kappa shape index (κ2) is 10.4. The molecule has 0 radical (unpaired) electrons. The number of nitrogen functional groups attached to an aromatic ring is 4. The summed E-state index contributed by atoms with van der Waals surface area (Å²) in [5.74, 6) is 0.365. The summed E-state index contributed by atoms with van der Waals surface area (Å²) in [4.78, 5) is 7.66. The topological polar surface area (TPSA) is 181 Å². The Bertz CT molecular complexity index is 1280. The van der Waals surface area contributed by atoms with Gasteiger partial charge in [-0.25, -0.2) is 0 Å². The van der Waals surface area contributed by atoms with Crippen molar-refractivity contribution in [1.82, 2.24) is 30.4 Å². The van der Waals surface area contributed by atoms with E-state index in [1.165, 1.54) is 0 Å². The second-order valence-electron chi connectivity index (χ2n) is 7.02. The first-order valence-electron chi connectivity index (χ1n) is 9.41. The van der Waals surface area contributed by atoms with E-state index in [2.05, 4.69) is 30.4 Å². The summed E-state index contributed by atoms with van der Waals surface area (Å²) in [7, 11) is 0. The number of benzene rings is 2. The Hall–Kier alpha value is -3.18. The van der Waals surface area contributed by atoms with Gasteiger partial charge in [-0.2, -0.15) is 9.97 Å². The van der Waals surface area contributed by atoms with Crippen LogP contribution in [0.15, 0.2) is 24.3 Å². The number of aryl methyl sites for hydroxylation is 2. The zero-order valence-corrected chi connectivity index (χ0v) is 20.8. The summed E-state index contributed by atoms with van der Waals surface area (Å²) in [6.07, 6.45) is 0. The van der Waals surface area contributed by atoms with Crippen molar-refractivity contribution in [1.29, 1.82) is 0 Å². The van der Waals surface area contributed by atoms with Crippen molar-refractivity contribution >= 4 is 69.9 Å². The summed E-state index contributed by atoms with van der Waals surface area (Å²) in [5, 5.41) is 16.7. The molecule has 14 heteroatoms. The normalized spacial score (nSPS) is 10.5. The van der Waals surface area contributed by atoms with Crippen molar-refractivity contribution in [3.8, 4) is 22.5 Å². The molecule has 2 aromatic carbocycles. The van der Waals surface area contributed by atoms with E-state index in [0.717, 1.165) is 11.1 Å². The molecule has 0 bridgehead atoms. The average Bonchev–Trinajstić information content (AvgIpc) is 2.74. The first kappa shape index (κ1) is 25.4. The van der Waals surface area contributed by atoms with Gasteiger partial charge in [0.2, 0.25) is 11.9 Å². The minimum Gasteiger partial charge on any atom is -0.382 e. The van der Waals surface area contributed by atoms with Gasteiger partial charge in [0.15, 0.2) is 11.6 Å². The lowest BCUT2D eigenvalue weighted by Gasteiger charge is -2.08. The number of nitrogens with zero attached hydrogens (tertiary/aromatic N) is 6. The van der Waals surface area contributed by atoms with E-state index < -0.39 is 0 Å². The number of nitrogens with two attached hydrogens (primary N) is 4. The molecule has 0 spiro atoms. The minimum absolute atomic E-state index is 0.0149. The van der Waals surface area contributed by atoms with E-state index in [-0.39, 0.29) is 23.5 Å². The van der Waals surface area contributed by atoms with Crippen molar-refractivity contribution in [2.24, 2.45) is 0 Å². The summed E-state index contributed by atoms with van der Waals surface area (Å²) in [5.41, 5.74) is 26.0. The van der Waals surface area contributed by atoms with Gasteiger partial charge < -0.3 is 22.9 Å². The fraction of sp³-hybridized carbons (Fsp3) is 0.100. The van der Waals surface area contributed by atoms with Crippen LogP contribution in [-0.4, -0.2) is 30.4 Å². The molecule has 176 valence electrons. The highest BCUT2D eigenvalue weighted by atomic mass is 35.5. The van der Waals surface area contributed by atoms with Gasteiger partial charge in [0.05, 0.1) is 20.1 Å². The first-order chi connectivity index (χ1) is 16.0. The number of halogens is 4. The molecule has 0 atom stereocenters. The minimum atomic E-state index is 0.0149. The Kier molecular flexibility index (Phi) is 7.78. The van der Waals surface area contributed by atoms with Crippen molar-refractivity contribution in [2.45, 2.75) is 13.8 Å². The van der Waals surface area contributed by atoms with Crippen LogP contribution in [-0.2, 0) is 0 Å². The van der Waals surface area contributed by atoms with Crippen LogP contribution in [0, 0.1) is 13.8 Å². The molecular formula is C20H18Cl4N10. The predicted octanol–water partition coefficient (Wildman–Crippen LogP) is 4.64. The Labute approximate surface area is 214 Å². The highest BCUT2D eigenvalue weighted by Gasteiger charge is 2.15. The van der Waals surface area contributed by atoms with Crippen LogP contribution in [0.1, 0.15) is 11.1 Å². The Morgan fingerprint density at radius 2 is 0.912 bits per heavy atom. The van der Waals surface area contributed by atoms with Crippen LogP contribution >= 0.6 is 46.4 Å². The van der Waals surface area contributed by atoms with Crippen molar-refractivity contribution in [3.05, 3.63) is 55.5 Å². The first-order valence-corrected chi connectivity index (χ1v) is 10.9. The molecule has 0 fully saturated rings. The molecule has 8 N–H and O–H groups in total. The molecule has 0 aliphatic carbocycles. The molecule has 0 aliphatic heterocycles. The van der Waals surface area contributed by atoms with Gasteiger partial charge in [0.1, 0.15) is 11.4 Å². The molecule has 2 aromatic heterocycles. The molecule has 0 saturated heterocycles. The zero-order valence-electron chi connectivity index (χ0n) is 17.8. The molecule has 0 aliphatic rings. The quantitative estimate of drug-likeness (QED) is 0.280. The van der Waals surface area contributed by atoms with Crippen LogP contribution in [0.4, 0.5) is 23.5 Å². The van der Waals surface area contributed by atoms with Crippen LogP contribution in [0.3, 0.4) is 0 Å². The Morgan fingerprint density at radius 1 is 0.559 bits per heavy atom. The Balaban J connectivity index is 0.000000191. The van der Waals surface area contributed by atoms with Crippen molar-refractivity contribution < 1.29 is 0 Å². The third-order valence-electron chi connectivity index (χ3n) is 4.32. The summed E-state index contributed by atoms with van der Waals surface area (Å²) >= 11 is 24.2. The van der Waals surface area contributed by atoms with Gasteiger partial charge in [-0.3, -0.25) is 0 Å². The third-order valence-corrected chi connectivity index (χ3v) is 5.92. The molecule has 0 unspecified atom stereocenters. The molecule has 4 rings (SSSR count). The van der Waals surface area contributed by atoms with E-state index in [1.54, 1.807) is 12.1 Å². The Morgan fingerprint density at radius 3 is 1.24 bits per heavy atom. The van der Waals surface area contributed by atoms with Gasteiger partial charge in [-0.1, -0.05) is 46.4 Å². The van der Waals surface area contributed by atoms with Crippen LogP contribution in [0.25, 0.3) is 22.5 Å². The van der Waals surface area contributed by atoms with Gasteiger partial charge in [-0.05, 0) is 49.2 Å². The standard InChI is InChI=1S/2C10H9Cl2N5/c2*1-4-2-5(7(12)6(11)3-4)8-9(13)15-10(14)17-16-8/h2*2-3H,1H3,(H4,13,14,15,17). The monoisotopic (exact) mass is 538 g/mol. The maximum atomic E-state index is 6.10. The summed E-state index contributed by atoms with van der Waals surface area (Å²) < 4.78 is 0. The van der Waals surface area contributed by atoms with Gasteiger partial charge in [0.25, 0.3) is 0 Å². The van der Waals surface area contributed by atoms with E-state index in [0.29, 0.717) is 42.6 Å². The number of hydrogen-bond acceptors (Lipinski definition) is 10. The maximum absolute atomic E-state index is 6.10. The molecule has 2 heterocycles. The molecule has 0 amide bonds. The lowest BCUT2D eigenvalue weighted by molar-refractivity contribution is 0.999. The van der Waals surface area contributed by atoms with E-state index in [4.69, 9.17) is 69.3 Å². The smallest absolute Gasteiger partial charge is 0.242 e. The summed E-state index contributed by atoms with van der Waals surface area (Å²) in [6.45, 7) is 3.78. The van der Waals surface area contributed by atoms with Crippen LogP contribution in [0.2, 0.25) is 20.1 Å². The highest BCUT2D eigenvalue weighted by molar-refractivity contribution is 6.44. The van der Waals surface area contributed by atoms with E-state index in [1.807, 2.05) is 26.0 Å². The van der Waals surface area contributed by atoms with Gasteiger partial charge in [0, 0.05) is 11.1 Å². The number of anilines is 4. The fourth-order valence-corrected chi connectivity index (χ4v) is 3.82. The third kappa shape index (κ3) is 5.65. The summed E-state index contributed by atoms with van der Waals surface area (Å²) in [6, 6.07) is 7.13. The molecule has 4 aromatic rings. The predicted molar refractivity (Wildman–Crippen MR) is 138 cm³/mol. The van der Waals surface area contributed by atoms with Gasteiger partial charge in [-0.15, -0.1) is 20.4 Å². The molecule has 34 heavy (non-hydrogen) atoms. The highest BCUT2D eigenvalue weighted by Crippen LogP contribution is 2.36. The maximum Gasteiger partial charge on any atom is 0.242 e. The van der Waals surface area contributed by atoms with Crippen LogP contribution in [0.5, 0.6) is 0 Å². The largest absolute Gasteiger partial charge is 0.382 e. The van der Waals surface area contributed by atoms with Crippen molar-refractivity contribution in [2.75, 3.05) is 22.9 Å². The fourth-order valence-electron chi connectivity index (χ4n) is 2.88. The van der Waals surface area contributed by atoms with Crippen LogP contribution < -0.4 is 22.9 Å². The molecule has 10 nitrogen and oxygen atoms in total. The second-order valence-corrected chi connectivity index (χ2v) is 8.59. The van der Waals surface area contributed by atoms with E-state index in [9.17, 15) is 0 Å². The molecular weight excluding hydrogens is 522 g/mol. The van der Waals surface area contributed by atoms with E-state index >= 15 is 0 Å². The number of hydrogen-bond donors (Lipinski definition) is 4. The number of rotatable bonds is 2. The SMILES string of the molecule is Cc1cc(Cl)c(Cl)c(-c2nnc(N)nc2N)c1.Cc1cc(Cl)c(Cl)c(-c2nnc(N)nc2N)c1. The zero-order chi connectivity index (χ0) is 25.2. The molecule has 0 saturated carbocycles. The van der Waals surface area contributed by atoms with Crippen molar-refractivity contribution in [3.63, 3.8) is 0 Å². The van der Waals surface area contributed by atoms with Gasteiger partial charge >= 0.3 is 0 Å².